The van der Waals surface area contributed by atoms with E-state index in [1.807, 2.05) is 23.4 Å². The quantitative estimate of drug-likeness (QED) is 0.271. The van der Waals surface area contributed by atoms with E-state index in [1.54, 1.807) is 22.7 Å². The first-order valence-electron chi connectivity index (χ1n) is 10.4. The molecule has 0 saturated heterocycles. The van der Waals surface area contributed by atoms with Crippen LogP contribution in [0.2, 0.25) is 0 Å². The van der Waals surface area contributed by atoms with Gasteiger partial charge in [0, 0.05) is 12.4 Å². The van der Waals surface area contributed by atoms with E-state index in [0.717, 1.165) is 0 Å². The van der Waals surface area contributed by atoms with E-state index >= 15 is 0 Å². The Balaban J connectivity index is 1.50. The number of benzene rings is 4. The standard InChI is InChI=1S/C28H18N2S2/c1-2-10-26-24(20-6-4-8-22(14-20)28-16-30-18-32-28)12-11-23(25(26)9-1)19-5-3-7-21(13-19)27-15-29-17-31-27/h1-18H. The van der Waals surface area contributed by atoms with Gasteiger partial charge >= 0.3 is 0 Å². The largest absolute Gasteiger partial charge is 0.252 e. The zero-order valence-electron chi connectivity index (χ0n) is 17.1. The molecular weight excluding hydrogens is 428 g/mol. The average Bonchev–Trinajstić information content (AvgIpc) is 3.59. The number of hydrogen-bond acceptors (Lipinski definition) is 4. The smallest absolute Gasteiger partial charge is 0.0797 e. The molecule has 6 rings (SSSR count). The Labute approximate surface area is 194 Å². The van der Waals surface area contributed by atoms with Gasteiger partial charge in [0.25, 0.3) is 0 Å². The van der Waals surface area contributed by atoms with E-state index in [-0.39, 0.29) is 0 Å². The molecule has 4 aromatic carbocycles. The Bertz CT molecular complexity index is 1400. The number of nitrogens with zero attached hydrogens (tertiary/aromatic N) is 2. The van der Waals surface area contributed by atoms with Gasteiger partial charge in [-0.15, -0.1) is 22.7 Å². The second kappa shape index (κ2) is 8.15. The summed E-state index contributed by atoms with van der Waals surface area (Å²) in [4.78, 5) is 10.8. The predicted octanol–water partition coefficient (Wildman–Crippen LogP) is 8.42. The van der Waals surface area contributed by atoms with Crippen molar-refractivity contribution in [1.29, 1.82) is 0 Å². The maximum atomic E-state index is 4.24. The van der Waals surface area contributed by atoms with Gasteiger partial charge in [0.2, 0.25) is 0 Å². The number of fused-ring (bicyclic) bond motifs is 1. The van der Waals surface area contributed by atoms with Gasteiger partial charge in [0.1, 0.15) is 0 Å². The van der Waals surface area contributed by atoms with Gasteiger partial charge in [-0.25, -0.2) is 0 Å². The van der Waals surface area contributed by atoms with Crippen molar-refractivity contribution in [3.05, 3.63) is 108 Å². The predicted molar refractivity (Wildman–Crippen MR) is 137 cm³/mol. The van der Waals surface area contributed by atoms with Gasteiger partial charge in [0.15, 0.2) is 0 Å². The summed E-state index contributed by atoms with van der Waals surface area (Å²) in [7, 11) is 0. The molecule has 32 heavy (non-hydrogen) atoms. The van der Waals surface area contributed by atoms with Gasteiger partial charge in [0.05, 0.1) is 20.8 Å². The number of aromatic nitrogens is 2. The van der Waals surface area contributed by atoms with E-state index in [9.17, 15) is 0 Å². The molecule has 2 heterocycles. The minimum Gasteiger partial charge on any atom is -0.252 e. The third-order valence-corrected chi connectivity index (χ3v) is 7.35. The lowest BCUT2D eigenvalue weighted by Gasteiger charge is -2.13. The van der Waals surface area contributed by atoms with Crippen molar-refractivity contribution in [1.82, 2.24) is 9.97 Å². The lowest BCUT2D eigenvalue weighted by atomic mass is 9.91. The molecule has 0 aliphatic rings. The third kappa shape index (κ3) is 3.44. The van der Waals surface area contributed by atoms with Crippen molar-refractivity contribution in [3.8, 4) is 43.1 Å². The highest BCUT2D eigenvalue weighted by Gasteiger charge is 2.11. The van der Waals surface area contributed by atoms with Crippen LogP contribution < -0.4 is 0 Å². The third-order valence-electron chi connectivity index (χ3n) is 5.70. The first-order valence-corrected chi connectivity index (χ1v) is 12.1. The molecule has 0 bridgehead atoms. The van der Waals surface area contributed by atoms with Crippen molar-refractivity contribution in [3.63, 3.8) is 0 Å². The molecule has 2 aromatic heterocycles. The summed E-state index contributed by atoms with van der Waals surface area (Å²) in [6, 6.07) is 30.7. The normalized spacial score (nSPS) is 11.1. The van der Waals surface area contributed by atoms with Crippen LogP contribution >= 0.6 is 22.7 Å². The molecule has 0 amide bonds. The monoisotopic (exact) mass is 446 g/mol. The van der Waals surface area contributed by atoms with Crippen LogP contribution in [-0.4, -0.2) is 9.97 Å². The van der Waals surface area contributed by atoms with Crippen molar-refractivity contribution in [2.45, 2.75) is 0 Å². The van der Waals surface area contributed by atoms with E-state index in [1.165, 1.54) is 53.9 Å². The molecule has 0 unspecified atom stereocenters. The summed E-state index contributed by atoms with van der Waals surface area (Å²) in [6.45, 7) is 0. The Hall–Kier alpha value is -3.60. The fourth-order valence-corrected chi connectivity index (χ4v) is 5.44. The molecule has 0 saturated carbocycles. The molecule has 0 aliphatic carbocycles. The second-order valence-corrected chi connectivity index (χ2v) is 9.37. The fraction of sp³-hybridized carbons (Fsp3) is 0. The molecule has 0 fully saturated rings. The van der Waals surface area contributed by atoms with Crippen molar-refractivity contribution in [2.24, 2.45) is 0 Å². The lowest BCUT2D eigenvalue weighted by molar-refractivity contribution is 1.42. The van der Waals surface area contributed by atoms with Crippen LogP contribution in [0.15, 0.2) is 108 Å². The molecule has 0 spiro atoms. The summed E-state index contributed by atoms with van der Waals surface area (Å²) < 4.78 is 0. The fourth-order valence-electron chi connectivity index (χ4n) is 4.20. The summed E-state index contributed by atoms with van der Waals surface area (Å²) >= 11 is 3.34. The van der Waals surface area contributed by atoms with Crippen LogP contribution in [0.25, 0.3) is 53.9 Å². The molecule has 152 valence electrons. The van der Waals surface area contributed by atoms with E-state index in [0.29, 0.717) is 0 Å². The zero-order valence-corrected chi connectivity index (χ0v) is 18.7. The van der Waals surface area contributed by atoms with Gasteiger partial charge in [-0.2, -0.15) is 0 Å². The zero-order chi connectivity index (χ0) is 21.3. The molecule has 0 atom stereocenters. The SMILES string of the molecule is c1cc(-c2cncs2)cc(-c2ccc(-c3cccc(-c4cncs4)c3)c3ccccc23)c1. The molecule has 0 aliphatic heterocycles. The van der Waals surface area contributed by atoms with Gasteiger partial charge in [-0.1, -0.05) is 72.8 Å². The van der Waals surface area contributed by atoms with E-state index in [4.69, 9.17) is 0 Å². The number of hydrogen-bond donors (Lipinski definition) is 0. The first kappa shape index (κ1) is 19.1. The Morgan fingerprint density at radius 1 is 0.469 bits per heavy atom. The van der Waals surface area contributed by atoms with Crippen molar-refractivity contribution in [2.75, 3.05) is 0 Å². The molecule has 0 N–H and O–H groups in total. The van der Waals surface area contributed by atoms with E-state index < -0.39 is 0 Å². The van der Waals surface area contributed by atoms with Crippen molar-refractivity contribution >= 4 is 33.4 Å². The highest BCUT2D eigenvalue weighted by atomic mass is 32.1. The second-order valence-electron chi connectivity index (χ2n) is 7.60. The summed E-state index contributed by atoms with van der Waals surface area (Å²) in [5.74, 6) is 0. The molecule has 2 nitrogen and oxygen atoms in total. The van der Waals surface area contributed by atoms with Crippen LogP contribution in [0.1, 0.15) is 0 Å². The minimum absolute atomic E-state index is 1.19. The minimum atomic E-state index is 1.19. The summed E-state index contributed by atoms with van der Waals surface area (Å²) in [5, 5.41) is 2.52. The van der Waals surface area contributed by atoms with E-state index in [2.05, 4.69) is 94.9 Å². The van der Waals surface area contributed by atoms with Crippen molar-refractivity contribution < 1.29 is 0 Å². The first-order chi connectivity index (χ1) is 15.9. The molecule has 0 radical (unpaired) electrons. The Morgan fingerprint density at radius 3 is 1.38 bits per heavy atom. The highest BCUT2D eigenvalue weighted by molar-refractivity contribution is 7.13. The average molecular weight is 447 g/mol. The Kier molecular flexibility index (Phi) is 4.87. The maximum absolute atomic E-state index is 4.24. The van der Waals surface area contributed by atoms with Gasteiger partial charge in [-0.05, 0) is 56.3 Å². The maximum Gasteiger partial charge on any atom is 0.0797 e. The van der Waals surface area contributed by atoms with Gasteiger partial charge in [-0.3, -0.25) is 9.97 Å². The Morgan fingerprint density at radius 2 is 0.938 bits per heavy atom. The summed E-state index contributed by atoms with van der Waals surface area (Å²) in [5.41, 5.74) is 11.1. The number of rotatable bonds is 4. The van der Waals surface area contributed by atoms with Gasteiger partial charge < -0.3 is 0 Å². The molecule has 4 heteroatoms. The molecular formula is C28H18N2S2. The topological polar surface area (TPSA) is 25.8 Å². The van der Waals surface area contributed by atoms with Crippen LogP contribution in [0.5, 0.6) is 0 Å². The van der Waals surface area contributed by atoms with Crippen LogP contribution in [-0.2, 0) is 0 Å². The lowest BCUT2D eigenvalue weighted by Crippen LogP contribution is -1.87. The summed E-state index contributed by atoms with van der Waals surface area (Å²) in [6.07, 6.45) is 3.86. The van der Waals surface area contributed by atoms with Crippen LogP contribution in [0.3, 0.4) is 0 Å². The van der Waals surface area contributed by atoms with Crippen LogP contribution in [0, 0.1) is 0 Å². The van der Waals surface area contributed by atoms with Crippen LogP contribution in [0.4, 0.5) is 0 Å². The number of thiazole rings is 2. The molecule has 6 aromatic rings. The highest BCUT2D eigenvalue weighted by Crippen LogP contribution is 2.38.